The molecule has 0 N–H and O–H groups in total. The van der Waals surface area contributed by atoms with Gasteiger partial charge in [-0.2, -0.15) is 4.39 Å². The minimum absolute atomic E-state index is 0.129. The van der Waals surface area contributed by atoms with Gasteiger partial charge in [0.15, 0.2) is 6.23 Å². The number of carbonyl (C=O) groups excluding carboxylic acids is 2. The van der Waals surface area contributed by atoms with Gasteiger partial charge in [0, 0.05) is 66.5 Å². The Morgan fingerprint density at radius 1 is 1.05 bits per heavy atom. The maximum atomic E-state index is 14.1. The van der Waals surface area contributed by atoms with Gasteiger partial charge in [0.2, 0.25) is 11.9 Å². The number of hydrogen-bond donors (Lipinski definition) is 0. The number of halogens is 1. The average Bonchev–Trinajstić information content (AvgIpc) is 3.31. The van der Waals surface area contributed by atoms with Crippen molar-refractivity contribution >= 4 is 28.6 Å². The van der Waals surface area contributed by atoms with E-state index in [0.29, 0.717) is 17.8 Å². The van der Waals surface area contributed by atoms with E-state index < -0.39 is 17.6 Å². The molecule has 0 spiro atoms. The number of ether oxygens (including phenoxy) is 1. The molecule has 1 atom stereocenters. The van der Waals surface area contributed by atoms with E-state index in [2.05, 4.69) is 4.98 Å². The van der Waals surface area contributed by atoms with Gasteiger partial charge >= 0.3 is 5.97 Å². The summed E-state index contributed by atoms with van der Waals surface area (Å²) < 4.78 is 21.7. The summed E-state index contributed by atoms with van der Waals surface area (Å²) in [4.78, 5) is 37.3. The van der Waals surface area contributed by atoms with Crippen LogP contribution in [0.2, 0.25) is 0 Å². The minimum Gasteiger partial charge on any atom is -0.441 e. The molecule has 3 aromatic heterocycles. The first-order valence-corrected chi connectivity index (χ1v) is 13.4. The summed E-state index contributed by atoms with van der Waals surface area (Å²) in [5.74, 6) is -1.07. The molecular formula is C32H36FN5O3. The van der Waals surface area contributed by atoms with Crippen molar-refractivity contribution in [1.29, 1.82) is 0 Å². The number of hydrogen-bond acceptors (Lipinski definition) is 6. The van der Waals surface area contributed by atoms with Gasteiger partial charge in [-0.15, -0.1) is 0 Å². The number of carbonyl (C=O) groups is 2. The first-order valence-electron chi connectivity index (χ1n) is 13.4. The van der Waals surface area contributed by atoms with E-state index in [1.807, 2.05) is 61.6 Å². The number of nitrogens with zero attached hydrogens (tertiary/aromatic N) is 5. The lowest BCUT2D eigenvalue weighted by molar-refractivity contribution is -0.162. The zero-order valence-electron chi connectivity index (χ0n) is 24.6. The second-order valence-electron chi connectivity index (χ2n) is 11.3. The first-order chi connectivity index (χ1) is 19.3. The summed E-state index contributed by atoms with van der Waals surface area (Å²) in [7, 11) is 5.62. The molecule has 0 saturated heterocycles. The number of pyridine rings is 2. The maximum absolute atomic E-state index is 14.1. The molecule has 4 aromatic rings. The third-order valence-electron chi connectivity index (χ3n) is 6.62. The van der Waals surface area contributed by atoms with Gasteiger partial charge in [0.05, 0.1) is 5.41 Å². The molecule has 8 nitrogen and oxygen atoms in total. The van der Waals surface area contributed by atoms with Crippen LogP contribution >= 0.6 is 0 Å². The number of benzene rings is 1. The number of rotatable bonds is 8. The van der Waals surface area contributed by atoms with Gasteiger partial charge in [-0.3, -0.25) is 14.2 Å². The van der Waals surface area contributed by atoms with Crippen LogP contribution < -0.4 is 4.90 Å². The fraction of sp³-hybridized carbons (Fsp3) is 0.312. The predicted octanol–water partition coefficient (Wildman–Crippen LogP) is 6.09. The molecule has 1 unspecified atom stereocenters. The van der Waals surface area contributed by atoms with E-state index in [4.69, 9.17) is 9.72 Å². The standard InChI is InChI=1S/C32H36FN5O3/c1-21(41-31(40)32(2,3)4)38-20-27(23-13-14-34-28(33)18-23)26-17-24(19-35-30(26)38)22-10-8-11-25(16-22)37(7)29(39)12-9-15-36(5)6/h8-14,16-21H,15H2,1-7H3. The number of amides is 1. The van der Waals surface area contributed by atoms with Crippen LogP contribution in [0.4, 0.5) is 10.1 Å². The summed E-state index contributed by atoms with van der Waals surface area (Å²) in [5.41, 5.74) is 3.68. The fourth-order valence-corrected chi connectivity index (χ4v) is 4.25. The normalized spacial score (nSPS) is 12.7. The van der Waals surface area contributed by atoms with E-state index in [1.165, 1.54) is 12.3 Å². The van der Waals surface area contributed by atoms with Crippen molar-refractivity contribution < 1.29 is 18.7 Å². The number of fused-ring (bicyclic) bond motifs is 1. The molecule has 3 heterocycles. The lowest BCUT2D eigenvalue weighted by Crippen LogP contribution is -2.26. The van der Waals surface area contributed by atoms with E-state index in [0.717, 1.165) is 27.8 Å². The molecule has 214 valence electrons. The molecule has 1 amide bonds. The largest absolute Gasteiger partial charge is 0.441 e. The third-order valence-corrected chi connectivity index (χ3v) is 6.62. The van der Waals surface area contributed by atoms with Crippen LogP contribution in [-0.2, 0) is 14.3 Å². The Kier molecular flexibility index (Phi) is 8.68. The molecule has 0 fully saturated rings. The summed E-state index contributed by atoms with van der Waals surface area (Å²) in [6.07, 6.45) is 7.72. The molecule has 1 aromatic carbocycles. The number of likely N-dealkylation sites (N-methyl/N-ethyl adjacent to an activating group) is 2. The highest BCUT2D eigenvalue weighted by atomic mass is 19.1. The highest BCUT2D eigenvalue weighted by Gasteiger charge is 2.27. The van der Waals surface area contributed by atoms with E-state index in [1.54, 1.807) is 62.5 Å². The fourth-order valence-electron chi connectivity index (χ4n) is 4.25. The van der Waals surface area contributed by atoms with Crippen LogP contribution in [0.3, 0.4) is 0 Å². The lowest BCUT2D eigenvalue weighted by Gasteiger charge is -2.22. The van der Waals surface area contributed by atoms with Crippen molar-refractivity contribution in [2.75, 3.05) is 32.6 Å². The quantitative estimate of drug-likeness (QED) is 0.148. The van der Waals surface area contributed by atoms with Crippen molar-refractivity contribution in [2.24, 2.45) is 5.41 Å². The molecule has 0 radical (unpaired) electrons. The smallest absolute Gasteiger partial charge is 0.313 e. The molecule has 9 heteroatoms. The summed E-state index contributed by atoms with van der Waals surface area (Å²) in [5, 5.41) is 0.758. The van der Waals surface area contributed by atoms with Crippen LogP contribution in [0.1, 0.15) is 33.9 Å². The second-order valence-corrected chi connectivity index (χ2v) is 11.3. The van der Waals surface area contributed by atoms with Gasteiger partial charge < -0.3 is 14.5 Å². The zero-order chi connectivity index (χ0) is 29.9. The highest BCUT2D eigenvalue weighted by molar-refractivity contribution is 6.01. The van der Waals surface area contributed by atoms with Crippen LogP contribution in [0.25, 0.3) is 33.3 Å². The Morgan fingerprint density at radius 2 is 1.80 bits per heavy atom. The molecule has 0 saturated carbocycles. The molecule has 0 aliphatic carbocycles. The lowest BCUT2D eigenvalue weighted by atomic mass is 9.97. The van der Waals surface area contributed by atoms with Gasteiger partial charge in [0.1, 0.15) is 5.65 Å². The summed E-state index contributed by atoms with van der Waals surface area (Å²) >= 11 is 0. The van der Waals surface area contributed by atoms with Crippen molar-refractivity contribution in [3.63, 3.8) is 0 Å². The first kappa shape index (κ1) is 29.6. The summed E-state index contributed by atoms with van der Waals surface area (Å²) in [6.45, 7) is 7.84. The summed E-state index contributed by atoms with van der Waals surface area (Å²) in [6, 6.07) is 12.7. The van der Waals surface area contributed by atoms with Crippen molar-refractivity contribution in [2.45, 2.75) is 33.9 Å². The minimum atomic E-state index is -0.670. The van der Waals surface area contributed by atoms with Crippen molar-refractivity contribution in [1.82, 2.24) is 19.4 Å². The predicted molar refractivity (Wildman–Crippen MR) is 160 cm³/mol. The Labute approximate surface area is 240 Å². The Balaban J connectivity index is 1.76. The SMILES string of the molecule is CC(OC(=O)C(C)(C)C)n1cc(-c2ccnc(F)c2)c2cc(-c3cccc(N(C)C(=O)C=CCN(C)C)c3)cnc21. The van der Waals surface area contributed by atoms with E-state index in [9.17, 15) is 14.0 Å². The second kappa shape index (κ2) is 12.0. The number of aromatic nitrogens is 3. The maximum Gasteiger partial charge on any atom is 0.313 e. The van der Waals surface area contributed by atoms with Gasteiger partial charge in [0.25, 0.3) is 0 Å². The molecule has 4 rings (SSSR count). The Bertz CT molecular complexity index is 1600. The molecule has 0 aliphatic heterocycles. The monoisotopic (exact) mass is 557 g/mol. The molecule has 0 bridgehead atoms. The van der Waals surface area contributed by atoms with Crippen LogP contribution in [0, 0.1) is 11.4 Å². The van der Waals surface area contributed by atoms with Crippen molar-refractivity contribution in [3.05, 3.63) is 79.2 Å². The number of esters is 1. The molecular weight excluding hydrogens is 521 g/mol. The topological polar surface area (TPSA) is 80.6 Å². The highest BCUT2D eigenvalue weighted by Crippen LogP contribution is 2.35. The molecule has 0 aliphatic rings. The third kappa shape index (κ3) is 6.86. The van der Waals surface area contributed by atoms with Gasteiger partial charge in [-0.25, -0.2) is 9.97 Å². The zero-order valence-corrected chi connectivity index (χ0v) is 24.6. The Hall–Kier alpha value is -4.37. The van der Waals surface area contributed by atoms with E-state index in [-0.39, 0.29) is 11.9 Å². The van der Waals surface area contributed by atoms with Crippen molar-refractivity contribution in [3.8, 4) is 22.3 Å². The van der Waals surface area contributed by atoms with Crippen LogP contribution in [0.5, 0.6) is 0 Å². The molecule has 41 heavy (non-hydrogen) atoms. The van der Waals surface area contributed by atoms with Gasteiger partial charge in [-0.05, 0) is 77.2 Å². The van der Waals surface area contributed by atoms with Crippen LogP contribution in [-0.4, -0.2) is 59.0 Å². The Morgan fingerprint density at radius 3 is 2.49 bits per heavy atom. The average molecular weight is 558 g/mol. The van der Waals surface area contributed by atoms with E-state index >= 15 is 0 Å². The van der Waals surface area contributed by atoms with Gasteiger partial charge in [-0.1, -0.05) is 18.2 Å². The van der Waals surface area contributed by atoms with Crippen LogP contribution in [0.15, 0.2) is 73.2 Å². The number of anilines is 1.